The molecule has 3 aromatic rings. The fourth-order valence-corrected chi connectivity index (χ4v) is 6.48. The SMILES string of the molecule is COc1cccc(NC(=O)C2CCCN(S(=O)(=O)c3ccc(-c4ccc(=O)[nH]n4)s3)C2)c1. The van der Waals surface area contributed by atoms with Crippen LogP contribution in [0, 0.1) is 5.92 Å². The Balaban J connectivity index is 1.48. The van der Waals surface area contributed by atoms with Gasteiger partial charge in [-0.3, -0.25) is 9.59 Å². The van der Waals surface area contributed by atoms with Crippen molar-refractivity contribution in [1.29, 1.82) is 0 Å². The maximum absolute atomic E-state index is 13.2. The van der Waals surface area contributed by atoms with Crippen molar-refractivity contribution in [3.63, 3.8) is 0 Å². The Hall–Kier alpha value is -3.02. The number of carbonyl (C=O) groups is 1. The van der Waals surface area contributed by atoms with E-state index in [4.69, 9.17) is 4.74 Å². The lowest BCUT2D eigenvalue weighted by Gasteiger charge is -2.30. The van der Waals surface area contributed by atoms with Crippen molar-refractivity contribution in [2.24, 2.45) is 5.92 Å². The Morgan fingerprint density at radius 1 is 1.25 bits per heavy atom. The lowest BCUT2D eigenvalue weighted by atomic mass is 9.98. The number of nitrogens with one attached hydrogen (secondary N) is 2. The normalized spacial score (nSPS) is 17.1. The van der Waals surface area contributed by atoms with Gasteiger partial charge in [-0.15, -0.1) is 11.3 Å². The number of piperidine rings is 1. The third-order valence-corrected chi connectivity index (χ3v) is 8.64. The Morgan fingerprint density at radius 3 is 2.84 bits per heavy atom. The van der Waals surface area contributed by atoms with Crippen LogP contribution >= 0.6 is 11.3 Å². The Bertz CT molecular complexity index is 1260. The number of nitrogens with zero attached hydrogens (tertiary/aromatic N) is 2. The van der Waals surface area contributed by atoms with Crippen molar-refractivity contribution in [1.82, 2.24) is 14.5 Å². The molecule has 0 spiro atoms. The molecular weight excluding hydrogens is 452 g/mol. The summed E-state index contributed by atoms with van der Waals surface area (Å²) >= 11 is 1.08. The average molecular weight is 475 g/mol. The van der Waals surface area contributed by atoms with E-state index in [0.717, 1.165) is 11.3 Å². The minimum absolute atomic E-state index is 0.113. The van der Waals surface area contributed by atoms with E-state index in [0.29, 0.717) is 41.4 Å². The molecule has 2 N–H and O–H groups in total. The minimum atomic E-state index is -3.76. The number of hydrogen-bond acceptors (Lipinski definition) is 7. The van der Waals surface area contributed by atoms with Crippen molar-refractivity contribution in [3.05, 3.63) is 58.9 Å². The molecule has 1 aromatic carbocycles. The van der Waals surface area contributed by atoms with E-state index in [9.17, 15) is 18.0 Å². The fourth-order valence-electron chi connectivity index (χ4n) is 3.53. The first-order valence-electron chi connectivity index (χ1n) is 9.98. The second-order valence-electron chi connectivity index (χ2n) is 7.35. The Labute approximate surface area is 189 Å². The fraction of sp³-hybridized carbons (Fsp3) is 0.286. The molecular formula is C21H22N4O5S2. The molecule has 2 aromatic heterocycles. The van der Waals surface area contributed by atoms with Crippen molar-refractivity contribution < 1.29 is 17.9 Å². The molecule has 0 aliphatic carbocycles. The number of hydrogen-bond donors (Lipinski definition) is 2. The molecule has 1 atom stereocenters. The zero-order valence-corrected chi connectivity index (χ0v) is 18.9. The van der Waals surface area contributed by atoms with Gasteiger partial charge in [0, 0.05) is 30.9 Å². The molecule has 32 heavy (non-hydrogen) atoms. The summed E-state index contributed by atoms with van der Waals surface area (Å²) in [6.45, 7) is 0.470. The molecule has 0 saturated carbocycles. The highest BCUT2D eigenvalue weighted by Gasteiger charge is 2.34. The van der Waals surface area contributed by atoms with Crippen LogP contribution in [0.5, 0.6) is 5.75 Å². The van der Waals surface area contributed by atoms with E-state index in [1.807, 2.05) is 0 Å². The summed E-state index contributed by atoms with van der Waals surface area (Å²) in [5.41, 5.74) is 0.764. The number of amides is 1. The Kier molecular flexibility index (Phi) is 6.40. The number of rotatable bonds is 6. The van der Waals surface area contributed by atoms with E-state index >= 15 is 0 Å². The van der Waals surface area contributed by atoms with E-state index in [-0.39, 0.29) is 22.2 Å². The number of anilines is 1. The zero-order chi connectivity index (χ0) is 22.7. The predicted molar refractivity (Wildman–Crippen MR) is 121 cm³/mol. The number of H-pyrrole nitrogens is 1. The summed E-state index contributed by atoms with van der Waals surface area (Å²) in [5.74, 6) is -0.0476. The predicted octanol–water partition coefficient (Wildman–Crippen LogP) is 2.55. The van der Waals surface area contributed by atoms with Crippen molar-refractivity contribution in [2.75, 3.05) is 25.5 Å². The van der Waals surface area contributed by atoms with Gasteiger partial charge in [0.05, 0.1) is 17.9 Å². The largest absolute Gasteiger partial charge is 0.497 e. The monoisotopic (exact) mass is 474 g/mol. The summed E-state index contributed by atoms with van der Waals surface area (Å²) in [7, 11) is -2.21. The van der Waals surface area contributed by atoms with Gasteiger partial charge in [-0.25, -0.2) is 13.5 Å². The molecule has 168 valence electrons. The number of sulfonamides is 1. The highest BCUT2D eigenvalue weighted by molar-refractivity contribution is 7.91. The molecule has 11 heteroatoms. The topological polar surface area (TPSA) is 121 Å². The standard InChI is InChI=1S/C21H22N4O5S2/c1-30-16-6-2-5-15(12-16)22-21(27)14-4-3-11-25(13-14)32(28,29)20-10-8-18(31-20)17-7-9-19(26)24-23-17/h2,5-10,12,14H,3-4,11,13H2,1H3,(H,22,27)(H,24,26). The van der Waals surface area contributed by atoms with Gasteiger partial charge in [-0.2, -0.15) is 9.40 Å². The third kappa shape index (κ3) is 4.74. The molecule has 0 radical (unpaired) electrons. The minimum Gasteiger partial charge on any atom is -0.497 e. The van der Waals surface area contributed by atoms with Crippen molar-refractivity contribution >= 4 is 33.0 Å². The maximum atomic E-state index is 13.2. The smallest absolute Gasteiger partial charge is 0.264 e. The number of aromatic amines is 1. The van der Waals surface area contributed by atoms with Gasteiger partial charge in [0.1, 0.15) is 15.7 Å². The van der Waals surface area contributed by atoms with Gasteiger partial charge < -0.3 is 10.1 Å². The van der Waals surface area contributed by atoms with Crippen molar-refractivity contribution in [2.45, 2.75) is 17.1 Å². The van der Waals surface area contributed by atoms with Crippen LogP contribution in [-0.4, -0.2) is 49.0 Å². The molecule has 3 heterocycles. The first-order chi connectivity index (χ1) is 15.4. The van der Waals surface area contributed by atoms with Crippen LogP contribution in [0.3, 0.4) is 0 Å². The lowest BCUT2D eigenvalue weighted by molar-refractivity contribution is -0.120. The van der Waals surface area contributed by atoms with Gasteiger partial charge in [-0.05, 0) is 43.2 Å². The van der Waals surface area contributed by atoms with Crippen LogP contribution in [0.2, 0.25) is 0 Å². The van der Waals surface area contributed by atoms with Crippen LogP contribution in [-0.2, 0) is 14.8 Å². The molecule has 1 aliphatic heterocycles. The molecule has 0 bridgehead atoms. The molecule has 1 amide bonds. The molecule has 9 nitrogen and oxygen atoms in total. The van der Waals surface area contributed by atoms with E-state index in [1.165, 1.54) is 16.4 Å². The average Bonchev–Trinajstić information content (AvgIpc) is 3.31. The second kappa shape index (κ2) is 9.23. The number of methoxy groups -OCH3 is 1. The van der Waals surface area contributed by atoms with Crippen LogP contribution in [0.4, 0.5) is 5.69 Å². The summed E-state index contributed by atoms with van der Waals surface area (Å²) in [4.78, 5) is 24.6. The number of benzene rings is 1. The van der Waals surface area contributed by atoms with E-state index in [2.05, 4.69) is 15.5 Å². The first-order valence-corrected chi connectivity index (χ1v) is 12.2. The highest BCUT2D eigenvalue weighted by atomic mass is 32.2. The third-order valence-electron chi connectivity index (χ3n) is 5.20. The van der Waals surface area contributed by atoms with E-state index in [1.54, 1.807) is 43.5 Å². The van der Waals surface area contributed by atoms with Gasteiger partial charge in [0.2, 0.25) is 5.91 Å². The second-order valence-corrected chi connectivity index (χ2v) is 10.6. The van der Waals surface area contributed by atoms with Gasteiger partial charge >= 0.3 is 0 Å². The maximum Gasteiger partial charge on any atom is 0.264 e. The van der Waals surface area contributed by atoms with Gasteiger partial charge in [-0.1, -0.05) is 6.07 Å². The molecule has 4 rings (SSSR count). The molecule has 1 saturated heterocycles. The van der Waals surface area contributed by atoms with Crippen LogP contribution in [0.25, 0.3) is 10.6 Å². The summed E-state index contributed by atoms with van der Waals surface area (Å²) in [6, 6.07) is 13.1. The van der Waals surface area contributed by atoms with Crippen molar-refractivity contribution in [3.8, 4) is 16.3 Å². The highest BCUT2D eigenvalue weighted by Crippen LogP contribution is 2.33. The molecule has 1 fully saturated rings. The quantitative estimate of drug-likeness (QED) is 0.566. The summed E-state index contributed by atoms with van der Waals surface area (Å²) < 4.78 is 33.1. The van der Waals surface area contributed by atoms with E-state index < -0.39 is 15.9 Å². The zero-order valence-electron chi connectivity index (χ0n) is 17.3. The van der Waals surface area contributed by atoms with Crippen LogP contribution in [0.1, 0.15) is 12.8 Å². The van der Waals surface area contributed by atoms with Crippen LogP contribution < -0.4 is 15.6 Å². The van der Waals surface area contributed by atoms with Gasteiger partial charge in [0.15, 0.2) is 0 Å². The lowest BCUT2D eigenvalue weighted by Crippen LogP contribution is -2.43. The molecule has 1 aliphatic rings. The number of carbonyl (C=O) groups excluding carboxylic acids is 1. The number of aromatic nitrogens is 2. The summed E-state index contributed by atoms with van der Waals surface area (Å²) in [6.07, 6.45) is 1.20. The molecule has 1 unspecified atom stereocenters. The number of ether oxygens (including phenoxy) is 1. The van der Waals surface area contributed by atoms with Crippen LogP contribution in [0.15, 0.2) is 57.5 Å². The van der Waals surface area contributed by atoms with Gasteiger partial charge in [0.25, 0.3) is 15.6 Å². The Morgan fingerprint density at radius 2 is 2.09 bits per heavy atom. The summed E-state index contributed by atoms with van der Waals surface area (Å²) in [5, 5.41) is 9.14. The first kappa shape index (κ1) is 22.2. The number of thiophene rings is 1.